The molecule has 0 spiro atoms. The summed E-state index contributed by atoms with van der Waals surface area (Å²) in [5.41, 5.74) is 1.24. The molecule has 0 aliphatic rings. The van der Waals surface area contributed by atoms with Crippen molar-refractivity contribution in [3.05, 3.63) is 29.8 Å². The molecule has 0 heterocycles. The lowest BCUT2D eigenvalue weighted by atomic mass is 10.1. The van der Waals surface area contributed by atoms with Crippen LogP contribution in [0.5, 0.6) is 5.75 Å². The summed E-state index contributed by atoms with van der Waals surface area (Å²) in [5, 5.41) is 3.50. The van der Waals surface area contributed by atoms with Gasteiger partial charge in [-0.1, -0.05) is 38.3 Å². The number of benzene rings is 1. The molecule has 1 atom stereocenters. The Labute approximate surface area is 112 Å². The summed E-state index contributed by atoms with van der Waals surface area (Å²) < 4.78 is 5.70. The van der Waals surface area contributed by atoms with E-state index in [1.807, 2.05) is 12.1 Å². The molecule has 1 rings (SSSR count). The monoisotopic (exact) mass is 249 g/mol. The van der Waals surface area contributed by atoms with E-state index < -0.39 is 0 Å². The largest absolute Gasteiger partial charge is 0.492 e. The number of hydrogen-bond acceptors (Lipinski definition) is 2. The van der Waals surface area contributed by atoms with Crippen molar-refractivity contribution in [1.29, 1.82) is 0 Å². The third kappa shape index (κ3) is 6.65. The minimum atomic E-state index is 0.595. The first-order chi connectivity index (χ1) is 8.72. The lowest BCUT2D eigenvalue weighted by molar-refractivity contribution is 0.304. The van der Waals surface area contributed by atoms with E-state index in [0.717, 1.165) is 18.9 Å². The van der Waals surface area contributed by atoms with Crippen LogP contribution in [-0.4, -0.2) is 19.2 Å². The molecule has 0 saturated heterocycles. The van der Waals surface area contributed by atoms with E-state index in [-0.39, 0.29) is 0 Å². The summed E-state index contributed by atoms with van der Waals surface area (Å²) in [6.45, 7) is 8.24. The van der Waals surface area contributed by atoms with Crippen molar-refractivity contribution in [3.63, 3.8) is 0 Å². The molecular formula is C16H27NO. The van der Waals surface area contributed by atoms with Crippen LogP contribution in [-0.2, 0) is 0 Å². The quantitative estimate of drug-likeness (QED) is 0.669. The topological polar surface area (TPSA) is 21.3 Å². The zero-order chi connectivity index (χ0) is 13.2. The molecule has 0 aliphatic heterocycles. The van der Waals surface area contributed by atoms with Gasteiger partial charge in [0.2, 0.25) is 0 Å². The van der Waals surface area contributed by atoms with E-state index in [9.17, 15) is 0 Å². The summed E-state index contributed by atoms with van der Waals surface area (Å²) in [5.74, 6) is 0.968. The highest BCUT2D eigenvalue weighted by atomic mass is 16.5. The third-order valence-electron chi connectivity index (χ3n) is 3.09. The molecule has 0 radical (unpaired) electrons. The molecule has 18 heavy (non-hydrogen) atoms. The van der Waals surface area contributed by atoms with E-state index in [2.05, 4.69) is 38.2 Å². The number of nitrogens with one attached hydrogen (secondary N) is 1. The predicted molar refractivity (Wildman–Crippen MR) is 78.3 cm³/mol. The van der Waals surface area contributed by atoms with Crippen molar-refractivity contribution in [2.45, 2.75) is 52.5 Å². The van der Waals surface area contributed by atoms with Crippen LogP contribution in [0.4, 0.5) is 0 Å². The number of aryl methyl sites for hydroxylation is 1. The van der Waals surface area contributed by atoms with Crippen LogP contribution in [0.1, 0.15) is 45.1 Å². The summed E-state index contributed by atoms with van der Waals surface area (Å²) in [7, 11) is 0. The van der Waals surface area contributed by atoms with Crippen LogP contribution < -0.4 is 10.1 Å². The van der Waals surface area contributed by atoms with Gasteiger partial charge in [-0.15, -0.1) is 0 Å². The van der Waals surface area contributed by atoms with Gasteiger partial charge in [-0.3, -0.25) is 0 Å². The minimum Gasteiger partial charge on any atom is -0.492 e. The Morgan fingerprint density at radius 1 is 1.28 bits per heavy atom. The molecule has 1 N–H and O–H groups in total. The lowest BCUT2D eigenvalue weighted by Crippen LogP contribution is -2.30. The molecular weight excluding hydrogens is 222 g/mol. The molecule has 0 fully saturated rings. The zero-order valence-corrected chi connectivity index (χ0v) is 12.0. The molecule has 0 amide bonds. The van der Waals surface area contributed by atoms with E-state index >= 15 is 0 Å². The van der Waals surface area contributed by atoms with E-state index in [1.54, 1.807) is 0 Å². The van der Waals surface area contributed by atoms with Crippen LogP contribution in [0, 0.1) is 6.92 Å². The van der Waals surface area contributed by atoms with Crippen molar-refractivity contribution >= 4 is 0 Å². The first kappa shape index (κ1) is 15.0. The smallest absolute Gasteiger partial charge is 0.119 e. The molecule has 1 aromatic rings. The molecule has 0 bridgehead atoms. The van der Waals surface area contributed by atoms with E-state index in [0.29, 0.717) is 6.04 Å². The maximum Gasteiger partial charge on any atom is 0.119 e. The van der Waals surface area contributed by atoms with Crippen LogP contribution in [0.3, 0.4) is 0 Å². The SMILES string of the molecule is CCCCCC(C)NCCOc1cccc(C)c1. The van der Waals surface area contributed by atoms with Crippen molar-refractivity contribution in [3.8, 4) is 5.75 Å². The fourth-order valence-electron chi connectivity index (χ4n) is 1.98. The zero-order valence-electron chi connectivity index (χ0n) is 12.0. The first-order valence-corrected chi connectivity index (χ1v) is 7.15. The summed E-state index contributed by atoms with van der Waals surface area (Å²) >= 11 is 0. The number of hydrogen-bond donors (Lipinski definition) is 1. The van der Waals surface area contributed by atoms with Gasteiger partial charge in [-0.05, 0) is 38.0 Å². The first-order valence-electron chi connectivity index (χ1n) is 7.15. The van der Waals surface area contributed by atoms with E-state index in [1.165, 1.54) is 31.2 Å². The Kier molecular flexibility index (Phi) is 7.51. The number of rotatable bonds is 9. The highest BCUT2D eigenvalue weighted by Crippen LogP contribution is 2.11. The fraction of sp³-hybridized carbons (Fsp3) is 0.625. The highest BCUT2D eigenvalue weighted by Gasteiger charge is 2.00. The summed E-state index contributed by atoms with van der Waals surface area (Å²) in [4.78, 5) is 0. The van der Waals surface area contributed by atoms with Gasteiger partial charge in [0.25, 0.3) is 0 Å². The van der Waals surface area contributed by atoms with Gasteiger partial charge in [0.05, 0.1) is 0 Å². The Hall–Kier alpha value is -1.02. The normalized spacial score (nSPS) is 12.4. The molecule has 0 aromatic heterocycles. The van der Waals surface area contributed by atoms with Crippen LogP contribution >= 0.6 is 0 Å². The Balaban J connectivity index is 2.07. The second-order valence-corrected chi connectivity index (χ2v) is 5.02. The Bertz CT molecular complexity index is 325. The predicted octanol–water partition coefficient (Wildman–Crippen LogP) is 3.93. The second kappa shape index (κ2) is 8.98. The van der Waals surface area contributed by atoms with Gasteiger partial charge in [-0.2, -0.15) is 0 Å². The molecule has 2 nitrogen and oxygen atoms in total. The lowest BCUT2D eigenvalue weighted by Gasteiger charge is -2.14. The van der Waals surface area contributed by atoms with Gasteiger partial charge in [-0.25, -0.2) is 0 Å². The van der Waals surface area contributed by atoms with Gasteiger partial charge in [0.15, 0.2) is 0 Å². The van der Waals surface area contributed by atoms with Gasteiger partial charge >= 0.3 is 0 Å². The number of ether oxygens (including phenoxy) is 1. The Morgan fingerprint density at radius 3 is 2.83 bits per heavy atom. The molecule has 1 unspecified atom stereocenters. The van der Waals surface area contributed by atoms with Crippen molar-refractivity contribution in [2.75, 3.05) is 13.2 Å². The van der Waals surface area contributed by atoms with Crippen molar-refractivity contribution < 1.29 is 4.74 Å². The third-order valence-corrected chi connectivity index (χ3v) is 3.09. The highest BCUT2D eigenvalue weighted by molar-refractivity contribution is 5.27. The average molecular weight is 249 g/mol. The minimum absolute atomic E-state index is 0.595. The van der Waals surface area contributed by atoms with Crippen molar-refractivity contribution in [1.82, 2.24) is 5.32 Å². The van der Waals surface area contributed by atoms with Gasteiger partial charge in [0.1, 0.15) is 12.4 Å². The molecule has 0 saturated carbocycles. The maximum atomic E-state index is 5.70. The molecule has 1 aromatic carbocycles. The Morgan fingerprint density at radius 2 is 2.11 bits per heavy atom. The standard InChI is InChI=1S/C16H27NO/c1-4-5-6-9-15(3)17-11-12-18-16-10-7-8-14(2)13-16/h7-8,10,13,15,17H,4-6,9,11-12H2,1-3H3. The van der Waals surface area contributed by atoms with E-state index in [4.69, 9.17) is 4.74 Å². The maximum absolute atomic E-state index is 5.70. The molecule has 102 valence electrons. The average Bonchev–Trinajstić information content (AvgIpc) is 2.35. The van der Waals surface area contributed by atoms with Crippen LogP contribution in [0.25, 0.3) is 0 Å². The van der Waals surface area contributed by atoms with Crippen molar-refractivity contribution in [2.24, 2.45) is 0 Å². The van der Waals surface area contributed by atoms with Crippen LogP contribution in [0.2, 0.25) is 0 Å². The van der Waals surface area contributed by atoms with Crippen LogP contribution in [0.15, 0.2) is 24.3 Å². The number of unbranched alkanes of at least 4 members (excludes halogenated alkanes) is 2. The molecule has 2 heteroatoms. The second-order valence-electron chi connectivity index (χ2n) is 5.02. The fourth-order valence-corrected chi connectivity index (χ4v) is 1.98. The van der Waals surface area contributed by atoms with Gasteiger partial charge < -0.3 is 10.1 Å². The van der Waals surface area contributed by atoms with Gasteiger partial charge in [0, 0.05) is 12.6 Å². The summed E-state index contributed by atoms with van der Waals surface area (Å²) in [6.07, 6.45) is 5.22. The molecule has 0 aliphatic carbocycles. The summed E-state index contributed by atoms with van der Waals surface area (Å²) in [6, 6.07) is 8.80.